The maximum atomic E-state index is 12.3. The predicted molar refractivity (Wildman–Crippen MR) is 99.2 cm³/mol. The molecular weight excluding hydrogens is 350 g/mol. The molecule has 0 aliphatic rings. The van der Waals surface area contributed by atoms with Crippen molar-refractivity contribution >= 4 is 12.0 Å². The number of carbonyl (C=O) groups is 2. The van der Waals surface area contributed by atoms with E-state index in [0.29, 0.717) is 11.4 Å². The van der Waals surface area contributed by atoms with Gasteiger partial charge in [0.05, 0.1) is 18.5 Å². The molecule has 0 unspecified atom stereocenters. The average molecular weight is 375 g/mol. The number of hydrogen-bond donors (Lipinski definition) is 2. The van der Waals surface area contributed by atoms with Crippen LogP contribution < -0.4 is 15.4 Å². The number of hydrogen-bond acceptors (Lipinski definition) is 6. The van der Waals surface area contributed by atoms with Crippen molar-refractivity contribution < 1.29 is 19.1 Å². The zero-order chi connectivity index (χ0) is 20.0. The van der Waals surface area contributed by atoms with Gasteiger partial charge in [0, 0.05) is 19.2 Å². The lowest BCUT2D eigenvalue weighted by Crippen LogP contribution is -2.38. The zero-order valence-corrected chi connectivity index (χ0v) is 16.2. The quantitative estimate of drug-likeness (QED) is 0.746. The second-order valence-electron chi connectivity index (χ2n) is 6.82. The first-order valence-corrected chi connectivity index (χ1v) is 8.53. The maximum Gasteiger partial charge on any atom is 0.407 e. The van der Waals surface area contributed by atoms with E-state index in [2.05, 4.69) is 20.9 Å². The third-order valence-corrected chi connectivity index (χ3v) is 3.49. The summed E-state index contributed by atoms with van der Waals surface area (Å²) in [6.45, 7) is 7.58. The molecule has 0 aliphatic carbocycles. The van der Waals surface area contributed by atoms with E-state index >= 15 is 0 Å². The molecule has 9 heteroatoms. The highest BCUT2D eigenvalue weighted by Gasteiger charge is 2.18. The van der Waals surface area contributed by atoms with Crippen LogP contribution in [0.5, 0.6) is 5.75 Å². The van der Waals surface area contributed by atoms with Gasteiger partial charge in [0.2, 0.25) is 0 Å². The number of carbonyl (C=O) groups excluding carboxylic acids is 2. The molecule has 146 valence electrons. The first-order valence-electron chi connectivity index (χ1n) is 8.53. The monoisotopic (exact) mass is 375 g/mol. The lowest BCUT2D eigenvalue weighted by atomic mass is 10.2. The summed E-state index contributed by atoms with van der Waals surface area (Å²) in [5.74, 6) is 0.314. The van der Waals surface area contributed by atoms with Crippen molar-refractivity contribution in [3.05, 3.63) is 35.7 Å². The third kappa shape index (κ3) is 5.70. The smallest absolute Gasteiger partial charge is 0.407 e. The molecule has 1 heterocycles. The van der Waals surface area contributed by atoms with Crippen LogP contribution in [-0.4, -0.2) is 52.8 Å². The Kier molecular flexibility index (Phi) is 6.38. The van der Waals surface area contributed by atoms with Gasteiger partial charge in [-0.2, -0.15) is 0 Å². The van der Waals surface area contributed by atoms with E-state index in [-0.39, 0.29) is 24.7 Å². The SMILES string of the molecule is COc1cccc(-n2nnc(C(=O)NCCNC(=O)OC(C)(C)C)c2C)c1. The molecule has 0 bridgehead atoms. The summed E-state index contributed by atoms with van der Waals surface area (Å²) in [6, 6.07) is 7.29. The summed E-state index contributed by atoms with van der Waals surface area (Å²) in [5, 5.41) is 13.3. The molecule has 1 aromatic carbocycles. The normalized spacial score (nSPS) is 11.0. The van der Waals surface area contributed by atoms with Gasteiger partial charge in [0.25, 0.3) is 5.91 Å². The van der Waals surface area contributed by atoms with E-state index in [1.807, 2.05) is 18.2 Å². The molecule has 2 aromatic rings. The van der Waals surface area contributed by atoms with Crippen LogP contribution in [0.4, 0.5) is 4.79 Å². The van der Waals surface area contributed by atoms with Gasteiger partial charge < -0.3 is 20.1 Å². The van der Waals surface area contributed by atoms with Crippen LogP contribution in [0.15, 0.2) is 24.3 Å². The molecule has 0 radical (unpaired) electrons. The number of benzene rings is 1. The number of nitrogens with zero attached hydrogens (tertiary/aromatic N) is 3. The molecule has 1 aromatic heterocycles. The minimum atomic E-state index is -0.566. The van der Waals surface area contributed by atoms with Crippen molar-refractivity contribution in [2.24, 2.45) is 0 Å². The fourth-order valence-corrected chi connectivity index (χ4v) is 2.26. The van der Waals surface area contributed by atoms with Crippen LogP contribution in [0.1, 0.15) is 37.0 Å². The fourth-order valence-electron chi connectivity index (χ4n) is 2.26. The lowest BCUT2D eigenvalue weighted by molar-refractivity contribution is 0.0526. The van der Waals surface area contributed by atoms with E-state index in [1.54, 1.807) is 45.6 Å². The number of nitrogens with one attached hydrogen (secondary N) is 2. The Bertz CT molecular complexity index is 810. The molecule has 0 saturated carbocycles. The van der Waals surface area contributed by atoms with Crippen LogP contribution >= 0.6 is 0 Å². The molecular formula is C18H25N5O4. The lowest BCUT2D eigenvalue weighted by Gasteiger charge is -2.19. The summed E-state index contributed by atoms with van der Waals surface area (Å²) in [7, 11) is 1.58. The Labute approximate surface area is 158 Å². The summed E-state index contributed by atoms with van der Waals surface area (Å²) < 4.78 is 11.9. The van der Waals surface area contributed by atoms with Crippen molar-refractivity contribution in [2.45, 2.75) is 33.3 Å². The van der Waals surface area contributed by atoms with Gasteiger partial charge in [0.1, 0.15) is 11.4 Å². The van der Waals surface area contributed by atoms with Gasteiger partial charge in [-0.15, -0.1) is 5.10 Å². The molecule has 0 fully saturated rings. The Morgan fingerprint density at radius 3 is 2.56 bits per heavy atom. The number of methoxy groups -OCH3 is 1. The summed E-state index contributed by atoms with van der Waals surface area (Å²) >= 11 is 0. The molecule has 27 heavy (non-hydrogen) atoms. The standard InChI is InChI=1S/C18H25N5O4/c1-12-15(16(24)19-9-10-20-17(25)27-18(2,3)4)21-22-23(12)13-7-6-8-14(11-13)26-5/h6-8,11H,9-10H2,1-5H3,(H,19,24)(H,20,25). The molecule has 2 rings (SSSR count). The highest BCUT2D eigenvalue weighted by atomic mass is 16.6. The Morgan fingerprint density at radius 2 is 1.89 bits per heavy atom. The van der Waals surface area contributed by atoms with Gasteiger partial charge in [-0.1, -0.05) is 11.3 Å². The Hall–Kier alpha value is -3.10. The molecule has 9 nitrogen and oxygen atoms in total. The second-order valence-corrected chi connectivity index (χ2v) is 6.82. The van der Waals surface area contributed by atoms with Gasteiger partial charge in [0.15, 0.2) is 5.69 Å². The van der Waals surface area contributed by atoms with Crippen LogP contribution in [0.2, 0.25) is 0 Å². The van der Waals surface area contributed by atoms with Gasteiger partial charge in [-0.05, 0) is 39.8 Å². The first-order chi connectivity index (χ1) is 12.7. The van der Waals surface area contributed by atoms with E-state index in [1.165, 1.54) is 0 Å². The molecule has 0 spiro atoms. The van der Waals surface area contributed by atoms with Crippen molar-refractivity contribution in [1.82, 2.24) is 25.6 Å². The van der Waals surface area contributed by atoms with Crippen molar-refractivity contribution in [3.8, 4) is 11.4 Å². The number of ether oxygens (including phenoxy) is 2. The maximum absolute atomic E-state index is 12.3. The van der Waals surface area contributed by atoms with E-state index in [9.17, 15) is 9.59 Å². The number of amides is 2. The molecule has 0 atom stereocenters. The number of alkyl carbamates (subject to hydrolysis) is 1. The van der Waals surface area contributed by atoms with Gasteiger partial charge >= 0.3 is 6.09 Å². The van der Waals surface area contributed by atoms with E-state index in [0.717, 1.165) is 5.69 Å². The van der Waals surface area contributed by atoms with Crippen LogP contribution in [0, 0.1) is 6.92 Å². The first kappa shape index (κ1) is 20.2. The minimum absolute atomic E-state index is 0.218. The predicted octanol–water partition coefficient (Wildman–Crippen LogP) is 1.84. The van der Waals surface area contributed by atoms with Gasteiger partial charge in [-0.3, -0.25) is 4.79 Å². The average Bonchev–Trinajstić information content (AvgIpc) is 2.98. The zero-order valence-electron chi connectivity index (χ0n) is 16.2. The second kappa shape index (κ2) is 8.52. The summed E-state index contributed by atoms with van der Waals surface area (Å²) in [4.78, 5) is 23.9. The summed E-state index contributed by atoms with van der Waals surface area (Å²) in [6.07, 6.45) is -0.531. The van der Waals surface area contributed by atoms with Gasteiger partial charge in [-0.25, -0.2) is 9.48 Å². The van der Waals surface area contributed by atoms with Crippen LogP contribution in [0.25, 0.3) is 5.69 Å². The highest BCUT2D eigenvalue weighted by Crippen LogP contribution is 2.18. The molecule has 0 saturated heterocycles. The number of aromatic nitrogens is 3. The molecule has 2 amide bonds. The van der Waals surface area contributed by atoms with Crippen molar-refractivity contribution in [1.29, 1.82) is 0 Å². The van der Waals surface area contributed by atoms with Crippen molar-refractivity contribution in [3.63, 3.8) is 0 Å². The third-order valence-electron chi connectivity index (χ3n) is 3.49. The topological polar surface area (TPSA) is 107 Å². The van der Waals surface area contributed by atoms with E-state index < -0.39 is 11.7 Å². The largest absolute Gasteiger partial charge is 0.497 e. The molecule has 2 N–H and O–H groups in total. The Balaban J connectivity index is 1.92. The van der Waals surface area contributed by atoms with E-state index in [4.69, 9.17) is 9.47 Å². The Morgan fingerprint density at radius 1 is 1.19 bits per heavy atom. The van der Waals surface area contributed by atoms with Crippen LogP contribution in [-0.2, 0) is 4.74 Å². The van der Waals surface area contributed by atoms with Crippen LogP contribution in [0.3, 0.4) is 0 Å². The fraction of sp³-hybridized carbons (Fsp3) is 0.444. The van der Waals surface area contributed by atoms with Crippen molar-refractivity contribution in [2.75, 3.05) is 20.2 Å². The number of rotatable bonds is 6. The minimum Gasteiger partial charge on any atom is -0.497 e. The molecule has 0 aliphatic heterocycles. The highest BCUT2D eigenvalue weighted by molar-refractivity contribution is 5.93. The summed E-state index contributed by atoms with van der Waals surface area (Å²) in [5.41, 5.74) is 0.990.